The summed E-state index contributed by atoms with van der Waals surface area (Å²) in [5.41, 5.74) is 9.08. The molecule has 0 amide bonds. The van der Waals surface area contributed by atoms with Crippen molar-refractivity contribution in [3.8, 4) is 0 Å². The highest BCUT2D eigenvalue weighted by Crippen LogP contribution is 2.33. The Morgan fingerprint density at radius 1 is 0.964 bits per heavy atom. The molecule has 2 N–H and O–H groups in total. The average molecular weight is 381 g/mol. The Kier molecular flexibility index (Phi) is 4.41. The molecule has 0 aliphatic rings. The Labute approximate surface area is 160 Å². The van der Waals surface area contributed by atoms with Gasteiger partial charge in [-0.15, -0.1) is 0 Å². The molecular formula is C22H18F3N3. The largest absolute Gasteiger partial charge is 0.416 e. The van der Waals surface area contributed by atoms with E-state index in [-0.39, 0.29) is 12.0 Å². The predicted molar refractivity (Wildman–Crippen MR) is 105 cm³/mol. The number of nitrogen functional groups attached to an aromatic ring is 1. The van der Waals surface area contributed by atoms with E-state index in [1.54, 1.807) is 12.3 Å². The van der Waals surface area contributed by atoms with Crippen molar-refractivity contribution in [2.75, 3.05) is 5.73 Å². The number of hydrogen-bond donors (Lipinski definition) is 1. The van der Waals surface area contributed by atoms with Crippen molar-refractivity contribution < 1.29 is 13.2 Å². The Morgan fingerprint density at radius 3 is 2.54 bits per heavy atom. The minimum absolute atomic E-state index is 0.278. The van der Waals surface area contributed by atoms with E-state index in [0.717, 1.165) is 33.5 Å². The number of fused-ring (bicyclic) bond motifs is 3. The number of nitrogens with two attached hydrogens (primary N) is 1. The molecule has 0 aliphatic heterocycles. The molecule has 0 atom stereocenters. The maximum Gasteiger partial charge on any atom is 0.416 e. The molecule has 6 heteroatoms. The summed E-state index contributed by atoms with van der Waals surface area (Å²) in [6.45, 7) is 1.98. The minimum Gasteiger partial charge on any atom is -0.382 e. The molecule has 0 spiro atoms. The molecule has 0 saturated carbocycles. The molecule has 0 saturated heterocycles. The molecule has 2 heterocycles. The molecule has 142 valence electrons. The van der Waals surface area contributed by atoms with Gasteiger partial charge in [-0.25, -0.2) is 4.98 Å². The average Bonchev–Trinajstić information content (AvgIpc) is 2.65. The fraction of sp³-hybridized carbons (Fsp3) is 0.182. The monoisotopic (exact) mass is 381 g/mol. The van der Waals surface area contributed by atoms with E-state index in [4.69, 9.17) is 5.73 Å². The number of aryl methyl sites for hydroxylation is 3. The van der Waals surface area contributed by atoms with Gasteiger partial charge in [0.25, 0.3) is 0 Å². The van der Waals surface area contributed by atoms with Crippen molar-refractivity contribution in [3.05, 3.63) is 77.0 Å². The zero-order valence-electron chi connectivity index (χ0n) is 15.2. The van der Waals surface area contributed by atoms with Crippen LogP contribution in [0.3, 0.4) is 0 Å². The first-order valence-electron chi connectivity index (χ1n) is 8.92. The van der Waals surface area contributed by atoms with Gasteiger partial charge >= 0.3 is 6.18 Å². The highest BCUT2D eigenvalue weighted by atomic mass is 19.4. The summed E-state index contributed by atoms with van der Waals surface area (Å²) in [6, 6.07) is 13.6. The van der Waals surface area contributed by atoms with Crippen molar-refractivity contribution in [2.24, 2.45) is 0 Å². The van der Waals surface area contributed by atoms with Crippen LogP contribution in [0.5, 0.6) is 0 Å². The zero-order chi connectivity index (χ0) is 19.9. The number of aromatic nitrogens is 2. The van der Waals surface area contributed by atoms with Crippen LogP contribution in [0.4, 0.5) is 19.0 Å². The van der Waals surface area contributed by atoms with Crippen molar-refractivity contribution in [3.63, 3.8) is 0 Å². The minimum atomic E-state index is -4.35. The summed E-state index contributed by atoms with van der Waals surface area (Å²) in [5, 5.41) is 1.80. The molecule has 28 heavy (non-hydrogen) atoms. The number of anilines is 1. The van der Waals surface area contributed by atoms with Crippen molar-refractivity contribution in [1.29, 1.82) is 0 Å². The van der Waals surface area contributed by atoms with Crippen LogP contribution in [0, 0.1) is 6.92 Å². The lowest BCUT2D eigenvalue weighted by Crippen LogP contribution is -2.09. The van der Waals surface area contributed by atoms with Crippen LogP contribution in [0.1, 0.15) is 22.3 Å². The second-order valence-electron chi connectivity index (χ2n) is 6.91. The molecule has 0 radical (unpaired) electrons. The maximum absolute atomic E-state index is 13.2. The fourth-order valence-corrected chi connectivity index (χ4v) is 3.49. The third kappa shape index (κ3) is 3.38. The summed E-state index contributed by atoms with van der Waals surface area (Å²) in [7, 11) is 0. The van der Waals surface area contributed by atoms with Gasteiger partial charge in [-0.3, -0.25) is 4.98 Å². The normalized spacial score (nSPS) is 12.0. The second kappa shape index (κ2) is 6.78. The quantitative estimate of drug-likeness (QED) is 0.478. The Morgan fingerprint density at radius 2 is 1.75 bits per heavy atom. The number of hydrogen-bond acceptors (Lipinski definition) is 3. The SMILES string of the molecule is Cc1ccc2c(c1)nc(N)c1ncc(CCc3ccccc3C(F)(F)F)cc12. The first-order valence-corrected chi connectivity index (χ1v) is 8.92. The van der Waals surface area contributed by atoms with E-state index < -0.39 is 11.7 Å². The molecule has 0 bridgehead atoms. The van der Waals surface area contributed by atoms with Gasteiger partial charge in [0.1, 0.15) is 5.52 Å². The van der Waals surface area contributed by atoms with Crippen LogP contribution in [0.2, 0.25) is 0 Å². The number of halogens is 3. The van der Waals surface area contributed by atoms with Gasteiger partial charge < -0.3 is 5.73 Å². The van der Waals surface area contributed by atoms with E-state index in [1.807, 2.05) is 31.2 Å². The summed E-state index contributed by atoms with van der Waals surface area (Å²) in [4.78, 5) is 8.84. The van der Waals surface area contributed by atoms with Crippen molar-refractivity contribution in [2.45, 2.75) is 25.9 Å². The van der Waals surface area contributed by atoms with Gasteiger partial charge in [-0.05, 0) is 54.7 Å². The molecule has 0 fully saturated rings. The molecule has 4 aromatic rings. The van der Waals surface area contributed by atoms with Gasteiger partial charge in [0.05, 0.1) is 11.1 Å². The van der Waals surface area contributed by atoms with Crippen molar-refractivity contribution >= 4 is 27.6 Å². The smallest absolute Gasteiger partial charge is 0.382 e. The number of pyridine rings is 2. The van der Waals surface area contributed by atoms with Crippen LogP contribution in [-0.4, -0.2) is 9.97 Å². The van der Waals surface area contributed by atoms with E-state index in [2.05, 4.69) is 9.97 Å². The number of benzene rings is 2. The molecule has 2 aromatic carbocycles. The summed E-state index contributed by atoms with van der Waals surface area (Å²) in [6.07, 6.45) is -1.96. The summed E-state index contributed by atoms with van der Waals surface area (Å²) in [5.74, 6) is 0.349. The van der Waals surface area contributed by atoms with E-state index >= 15 is 0 Å². The first kappa shape index (κ1) is 18.2. The number of alkyl halides is 3. The summed E-state index contributed by atoms with van der Waals surface area (Å²) >= 11 is 0. The number of rotatable bonds is 3. The van der Waals surface area contributed by atoms with Gasteiger partial charge in [0, 0.05) is 17.0 Å². The Balaban J connectivity index is 1.72. The van der Waals surface area contributed by atoms with E-state index in [9.17, 15) is 13.2 Å². The lowest BCUT2D eigenvalue weighted by atomic mass is 9.99. The third-order valence-corrected chi connectivity index (χ3v) is 4.88. The molecule has 2 aromatic heterocycles. The van der Waals surface area contributed by atoms with Crippen LogP contribution < -0.4 is 5.73 Å². The van der Waals surface area contributed by atoms with Crippen LogP contribution in [-0.2, 0) is 19.0 Å². The molecule has 3 nitrogen and oxygen atoms in total. The van der Waals surface area contributed by atoms with Gasteiger partial charge in [0.2, 0.25) is 0 Å². The first-order chi connectivity index (χ1) is 13.3. The third-order valence-electron chi connectivity index (χ3n) is 4.88. The van der Waals surface area contributed by atoms with E-state index in [1.165, 1.54) is 12.1 Å². The van der Waals surface area contributed by atoms with Crippen LogP contribution >= 0.6 is 0 Å². The standard InChI is InChI=1S/C22H18F3N3/c1-13-6-9-16-17-11-14(12-27-20(17)21(26)28-19(16)10-13)7-8-15-4-2-3-5-18(15)22(23,24)25/h2-6,9-12H,7-8H2,1H3,(H2,26,28). The van der Waals surface area contributed by atoms with Crippen molar-refractivity contribution in [1.82, 2.24) is 9.97 Å². The zero-order valence-corrected chi connectivity index (χ0v) is 15.2. The Hall–Kier alpha value is -3.15. The van der Waals surface area contributed by atoms with Crippen LogP contribution in [0.15, 0.2) is 54.7 Å². The Bertz CT molecular complexity index is 1180. The molecule has 0 aliphatic carbocycles. The second-order valence-corrected chi connectivity index (χ2v) is 6.91. The fourth-order valence-electron chi connectivity index (χ4n) is 3.49. The van der Waals surface area contributed by atoms with E-state index in [0.29, 0.717) is 17.8 Å². The summed E-state index contributed by atoms with van der Waals surface area (Å²) < 4.78 is 39.6. The van der Waals surface area contributed by atoms with Gasteiger partial charge in [-0.2, -0.15) is 13.2 Å². The van der Waals surface area contributed by atoms with Gasteiger partial charge in [-0.1, -0.05) is 30.3 Å². The highest BCUT2D eigenvalue weighted by Gasteiger charge is 2.32. The molecular weight excluding hydrogens is 363 g/mol. The van der Waals surface area contributed by atoms with Crippen LogP contribution in [0.25, 0.3) is 21.8 Å². The maximum atomic E-state index is 13.2. The molecule has 4 rings (SSSR count). The number of nitrogens with zero attached hydrogens (tertiary/aromatic N) is 2. The van der Waals surface area contributed by atoms with Gasteiger partial charge in [0.15, 0.2) is 5.82 Å². The molecule has 0 unspecified atom stereocenters. The predicted octanol–water partition coefficient (Wildman–Crippen LogP) is 5.48. The lowest BCUT2D eigenvalue weighted by molar-refractivity contribution is -0.138. The lowest BCUT2D eigenvalue weighted by Gasteiger charge is -2.13. The highest BCUT2D eigenvalue weighted by molar-refractivity contribution is 6.08. The topological polar surface area (TPSA) is 51.8 Å².